The van der Waals surface area contributed by atoms with E-state index in [1.54, 1.807) is 41.5 Å². The molecule has 0 aliphatic heterocycles. The van der Waals surface area contributed by atoms with Gasteiger partial charge in [0.15, 0.2) is 0 Å². The van der Waals surface area contributed by atoms with Crippen molar-refractivity contribution in [2.24, 2.45) is 0 Å². The molecule has 0 aromatic rings. The summed E-state index contributed by atoms with van der Waals surface area (Å²) in [5.41, 5.74) is -4.03. The van der Waals surface area contributed by atoms with Gasteiger partial charge in [0.2, 0.25) is 0 Å². The molecule has 0 aliphatic carbocycles. The first-order valence-electron chi connectivity index (χ1n) is 10.5. The maximum atomic E-state index is 15.5. The summed E-state index contributed by atoms with van der Waals surface area (Å²) in [4.78, 5) is 0. The van der Waals surface area contributed by atoms with Crippen molar-refractivity contribution in [2.75, 3.05) is 39.6 Å². The molecule has 0 bridgehead atoms. The van der Waals surface area contributed by atoms with Crippen LogP contribution in [0.15, 0.2) is 0 Å². The van der Waals surface area contributed by atoms with Gasteiger partial charge < -0.3 is 26.6 Å². The Hall–Kier alpha value is -0.0862. The highest BCUT2D eigenvalue weighted by Gasteiger charge is 2.74. The van der Waals surface area contributed by atoms with E-state index in [0.717, 1.165) is 13.8 Å². The number of halogens is 4. The first kappa shape index (κ1) is 29.9. The van der Waals surface area contributed by atoms with Crippen LogP contribution in [0.5, 0.6) is 0 Å². The lowest BCUT2D eigenvalue weighted by Crippen LogP contribution is -2.64. The lowest BCUT2D eigenvalue weighted by Gasteiger charge is -2.44. The van der Waals surface area contributed by atoms with E-state index in [1.807, 2.05) is 0 Å². The standard InChI is InChI=1S/C18H38F4O6Si2/c1-9-23-29(24-10-2,25-11-3)15(7)17(19,20)18(21,22)16(8)30(26-12-4,27-13-5)28-14-6/h15-16H,9-14H2,1-8H3. The van der Waals surface area contributed by atoms with Crippen LogP contribution in [0.1, 0.15) is 55.4 Å². The lowest BCUT2D eigenvalue weighted by molar-refractivity contribution is -0.224. The summed E-state index contributed by atoms with van der Waals surface area (Å²) < 4.78 is 94.6. The number of alkyl halides is 4. The van der Waals surface area contributed by atoms with Crippen molar-refractivity contribution >= 4 is 17.6 Å². The van der Waals surface area contributed by atoms with Gasteiger partial charge in [0, 0.05) is 39.6 Å². The largest absolute Gasteiger partial charge is 0.510 e. The van der Waals surface area contributed by atoms with E-state index >= 15 is 17.6 Å². The maximum Gasteiger partial charge on any atom is 0.510 e. The topological polar surface area (TPSA) is 55.4 Å². The molecule has 0 amide bonds. The molecule has 0 saturated carbocycles. The molecule has 0 aromatic heterocycles. The molecule has 30 heavy (non-hydrogen) atoms. The Morgan fingerprint density at radius 1 is 0.500 bits per heavy atom. The average Bonchev–Trinajstić information content (AvgIpc) is 2.67. The van der Waals surface area contributed by atoms with Gasteiger partial charge in [0.25, 0.3) is 0 Å². The van der Waals surface area contributed by atoms with E-state index in [-0.39, 0.29) is 39.6 Å². The predicted molar refractivity (Wildman–Crippen MR) is 110 cm³/mol. The molecule has 2 atom stereocenters. The highest BCUT2D eigenvalue weighted by Crippen LogP contribution is 2.55. The lowest BCUT2D eigenvalue weighted by atomic mass is 10.1. The summed E-state index contributed by atoms with van der Waals surface area (Å²) in [6, 6.07) is 0. The van der Waals surface area contributed by atoms with E-state index in [2.05, 4.69) is 0 Å². The van der Waals surface area contributed by atoms with Crippen molar-refractivity contribution in [3.8, 4) is 0 Å². The van der Waals surface area contributed by atoms with Crippen LogP contribution in [0.3, 0.4) is 0 Å². The van der Waals surface area contributed by atoms with Crippen LogP contribution in [-0.4, -0.2) is 69.1 Å². The maximum absolute atomic E-state index is 15.5. The quantitative estimate of drug-likeness (QED) is 0.212. The normalized spacial score (nSPS) is 16.0. The summed E-state index contributed by atoms with van der Waals surface area (Å²) in [6.07, 6.45) is 0. The summed E-state index contributed by atoms with van der Waals surface area (Å²) in [6.45, 7) is 11.3. The first-order valence-corrected chi connectivity index (χ1v) is 14.1. The van der Waals surface area contributed by atoms with Crippen LogP contribution in [0.25, 0.3) is 0 Å². The second-order valence-corrected chi connectivity index (χ2v) is 12.4. The van der Waals surface area contributed by atoms with Gasteiger partial charge in [-0.1, -0.05) is 13.8 Å². The van der Waals surface area contributed by atoms with Gasteiger partial charge in [-0.2, -0.15) is 17.6 Å². The third kappa shape index (κ3) is 6.24. The van der Waals surface area contributed by atoms with E-state index in [4.69, 9.17) is 26.6 Å². The molecular weight excluding hydrogens is 444 g/mol. The molecule has 0 rings (SSSR count). The fraction of sp³-hybridized carbons (Fsp3) is 1.00. The van der Waals surface area contributed by atoms with Gasteiger partial charge in [-0.05, 0) is 41.5 Å². The van der Waals surface area contributed by atoms with E-state index in [1.165, 1.54) is 0 Å². The number of hydrogen-bond acceptors (Lipinski definition) is 6. The zero-order chi connectivity index (χ0) is 23.6. The van der Waals surface area contributed by atoms with E-state index in [9.17, 15) is 0 Å². The molecule has 12 heteroatoms. The van der Waals surface area contributed by atoms with Crippen LogP contribution in [0.2, 0.25) is 11.1 Å². The van der Waals surface area contributed by atoms with E-state index in [0.29, 0.717) is 0 Å². The predicted octanol–water partition coefficient (Wildman–Crippen LogP) is 5.13. The van der Waals surface area contributed by atoms with Crippen LogP contribution in [0.4, 0.5) is 17.6 Å². The molecule has 2 unspecified atom stereocenters. The Labute approximate surface area is 180 Å². The van der Waals surface area contributed by atoms with Crippen molar-refractivity contribution in [3.05, 3.63) is 0 Å². The third-order valence-corrected chi connectivity index (χ3v) is 11.7. The first-order chi connectivity index (χ1) is 13.9. The van der Waals surface area contributed by atoms with Crippen LogP contribution in [-0.2, 0) is 26.6 Å². The summed E-state index contributed by atoms with van der Waals surface area (Å²) in [5.74, 6) is -9.08. The molecule has 0 fully saturated rings. The zero-order valence-corrected chi connectivity index (χ0v) is 21.4. The van der Waals surface area contributed by atoms with Gasteiger partial charge in [-0.3, -0.25) is 0 Å². The summed E-state index contributed by atoms with van der Waals surface area (Å²) >= 11 is 0. The van der Waals surface area contributed by atoms with Crippen molar-refractivity contribution in [2.45, 2.75) is 78.3 Å². The van der Waals surface area contributed by atoms with Gasteiger partial charge in [-0.25, -0.2) is 0 Å². The second kappa shape index (κ2) is 12.8. The van der Waals surface area contributed by atoms with Crippen molar-refractivity contribution in [1.29, 1.82) is 0 Å². The highest BCUT2D eigenvalue weighted by atomic mass is 28.4. The fourth-order valence-corrected chi connectivity index (χ4v) is 8.92. The van der Waals surface area contributed by atoms with Crippen molar-refractivity contribution < 1.29 is 44.1 Å². The van der Waals surface area contributed by atoms with Crippen LogP contribution in [0, 0.1) is 0 Å². The smallest absolute Gasteiger partial charge is 0.373 e. The average molecular weight is 483 g/mol. The Balaban J connectivity index is 6.32. The van der Waals surface area contributed by atoms with Crippen molar-refractivity contribution in [3.63, 3.8) is 0 Å². The number of hydrogen-bond donors (Lipinski definition) is 0. The van der Waals surface area contributed by atoms with Gasteiger partial charge in [-0.15, -0.1) is 0 Å². The zero-order valence-electron chi connectivity index (χ0n) is 19.4. The molecule has 182 valence electrons. The third-order valence-electron chi connectivity index (χ3n) is 4.67. The summed E-state index contributed by atoms with van der Waals surface area (Å²) in [5, 5.41) is 0. The molecule has 0 aromatic carbocycles. The fourth-order valence-electron chi connectivity index (χ4n) is 3.23. The minimum atomic E-state index is -4.54. The molecule has 0 heterocycles. The number of rotatable bonds is 17. The minimum Gasteiger partial charge on any atom is -0.373 e. The second-order valence-electron chi connectivity index (χ2n) is 6.49. The molecule has 0 N–H and O–H groups in total. The Kier molecular flexibility index (Phi) is 12.8. The SMILES string of the molecule is CCO[Si](OCC)(OCC)C(C)C(F)(F)C(F)(F)C(C)[Si](OCC)(OCC)OCC. The van der Waals surface area contributed by atoms with E-state index < -0.39 is 40.5 Å². The molecule has 0 radical (unpaired) electrons. The molecule has 0 saturated heterocycles. The van der Waals surface area contributed by atoms with Gasteiger partial charge in [0.05, 0.1) is 11.1 Å². The molecule has 0 spiro atoms. The van der Waals surface area contributed by atoms with Crippen LogP contribution < -0.4 is 0 Å². The summed E-state index contributed by atoms with van der Waals surface area (Å²) in [7, 11) is -8.28. The Morgan fingerprint density at radius 2 is 0.667 bits per heavy atom. The molecular formula is C18H38F4O6Si2. The van der Waals surface area contributed by atoms with Crippen LogP contribution >= 0.6 is 0 Å². The molecule has 6 nitrogen and oxygen atoms in total. The highest BCUT2D eigenvalue weighted by molar-refractivity contribution is 6.63. The van der Waals surface area contributed by atoms with Gasteiger partial charge in [0.1, 0.15) is 0 Å². The van der Waals surface area contributed by atoms with Crippen molar-refractivity contribution in [1.82, 2.24) is 0 Å². The minimum absolute atomic E-state index is 0.0106. The van der Waals surface area contributed by atoms with Gasteiger partial charge >= 0.3 is 29.5 Å². The monoisotopic (exact) mass is 482 g/mol. The Morgan fingerprint density at radius 3 is 0.800 bits per heavy atom. The Bertz CT molecular complexity index is 412. The molecule has 0 aliphatic rings.